The number of rotatable bonds is 4. The zero-order chi connectivity index (χ0) is 21.6. The van der Waals surface area contributed by atoms with Gasteiger partial charge in [-0.2, -0.15) is 10.5 Å². The molecule has 152 valence electrons. The van der Waals surface area contributed by atoms with Crippen molar-refractivity contribution < 1.29 is 9.53 Å². The highest BCUT2D eigenvalue weighted by atomic mass is 16.5. The van der Waals surface area contributed by atoms with E-state index in [1.54, 1.807) is 36.5 Å². The van der Waals surface area contributed by atoms with Gasteiger partial charge in [0, 0.05) is 19.3 Å². The summed E-state index contributed by atoms with van der Waals surface area (Å²) >= 11 is 0. The second kappa shape index (κ2) is 9.11. The summed E-state index contributed by atoms with van der Waals surface area (Å²) < 4.78 is 5.60. The molecule has 6 heteroatoms. The van der Waals surface area contributed by atoms with Crippen LogP contribution < -0.4 is 9.64 Å². The molecular weight excluding hydrogens is 388 g/mol. The van der Waals surface area contributed by atoms with Crippen molar-refractivity contribution in [3.63, 3.8) is 0 Å². The van der Waals surface area contributed by atoms with Crippen LogP contribution in [0.3, 0.4) is 0 Å². The first kappa shape index (κ1) is 20.1. The third kappa shape index (κ3) is 4.71. The molecule has 0 N–H and O–H groups in total. The minimum Gasteiger partial charge on any atom is -0.426 e. The summed E-state index contributed by atoms with van der Waals surface area (Å²) in [5, 5.41) is 17.8. The van der Waals surface area contributed by atoms with Crippen molar-refractivity contribution in [1.29, 1.82) is 10.5 Å². The average Bonchev–Trinajstić information content (AvgIpc) is 2.85. The van der Waals surface area contributed by atoms with Crippen LogP contribution in [0.5, 0.6) is 5.75 Å². The van der Waals surface area contributed by atoms with Crippen LogP contribution in [-0.2, 0) is 4.79 Å². The van der Waals surface area contributed by atoms with Crippen LogP contribution in [0.1, 0.15) is 24.0 Å². The Labute approximate surface area is 180 Å². The zero-order valence-electron chi connectivity index (χ0n) is 16.9. The molecule has 0 unspecified atom stereocenters. The molecule has 0 spiro atoms. The number of anilines is 1. The lowest BCUT2D eigenvalue weighted by Gasteiger charge is -2.31. The number of hydrogen-bond acceptors (Lipinski definition) is 6. The number of pyridine rings is 1. The highest BCUT2D eigenvalue weighted by Gasteiger charge is 2.27. The first-order valence-electron chi connectivity index (χ1n) is 10.1. The van der Waals surface area contributed by atoms with Crippen molar-refractivity contribution in [2.45, 2.75) is 12.8 Å². The molecule has 0 saturated carbocycles. The zero-order valence-corrected chi connectivity index (χ0v) is 16.9. The van der Waals surface area contributed by atoms with Crippen molar-refractivity contribution in [3.05, 3.63) is 78.0 Å². The number of carbonyl (C=O) groups excluding carboxylic acids is 1. The molecule has 1 aromatic heterocycles. The van der Waals surface area contributed by atoms with Crippen molar-refractivity contribution >= 4 is 11.8 Å². The van der Waals surface area contributed by atoms with Gasteiger partial charge in [0.05, 0.1) is 23.1 Å². The highest BCUT2D eigenvalue weighted by Crippen LogP contribution is 2.26. The largest absolute Gasteiger partial charge is 0.426 e. The maximum Gasteiger partial charge on any atom is 0.314 e. The van der Waals surface area contributed by atoms with E-state index in [0.717, 1.165) is 30.0 Å². The molecule has 3 aromatic rings. The maximum absolute atomic E-state index is 12.6. The molecule has 0 bridgehead atoms. The Balaban J connectivity index is 1.32. The lowest BCUT2D eigenvalue weighted by molar-refractivity contribution is -0.139. The van der Waals surface area contributed by atoms with Gasteiger partial charge in [-0.3, -0.25) is 4.79 Å². The maximum atomic E-state index is 12.6. The molecule has 1 saturated heterocycles. The third-order valence-electron chi connectivity index (χ3n) is 5.45. The monoisotopic (exact) mass is 408 g/mol. The fraction of sp³-hybridized carbons (Fsp3) is 0.200. The first-order valence-corrected chi connectivity index (χ1v) is 10.1. The Morgan fingerprint density at radius 2 is 1.45 bits per heavy atom. The Morgan fingerprint density at radius 3 is 2.00 bits per heavy atom. The van der Waals surface area contributed by atoms with Crippen molar-refractivity contribution in [2.75, 3.05) is 18.0 Å². The molecule has 0 aliphatic carbocycles. The van der Waals surface area contributed by atoms with Gasteiger partial charge in [0.15, 0.2) is 0 Å². The summed E-state index contributed by atoms with van der Waals surface area (Å²) in [7, 11) is 0. The summed E-state index contributed by atoms with van der Waals surface area (Å²) in [5.74, 6) is 0.995. The number of hydrogen-bond donors (Lipinski definition) is 0. The van der Waals surface area contributed by atoms with Crippen LogP contribution in [-0.4, -0.2) is 24.0 Å². The van der Waals surface area contributed by atoms with Crippen LogP contribution in [0.15, 0.2) is 66.9 Å². The number of carbonyl (C=O) groups is 1. The smallest absolute Gasteiger partial charge is 0.314 e. The van der Waals surface area contributed by atoms with E-state index < -0.39 is 0 Å². The normalized spacial score (nSPS) is 13.8. The van der Waals surface area contributed by atoms with Gasteiger partial charge in [-0.05, 0) is 60.4 Å². The van der Waals surface area contributed by atoms with Crippen LogP contribution in [0, 0.1) is 28.6 Å². The van der Waals surface area contributed by atoms with Gasteiger partial charge < -0.3 is 9.64 Å². The van der Waals surface area contributed by atoms with Crippen molar-refractivity contribution in [3.8, 4) is 29.0 Å². The van der Waals surface area contributed by atoms with Gasteiger partial charge >= 0.3 is 5.97 Å². The molecule has 6 nitrogen and oxygen atoms in total. The molecule has 0 atom stereocenters. The number of nitrogens with zero attached hydrogens (tertiary/aromatic N) is 4. The van der Waals surface area contributed by atoms with Crippen LogP contribution in [0.2, 0.25) is 0 Å². The molecule has 31 heavy (non-hydrogen) atoms. The Bertz CT molecular complexity index is 1130. The topological polar surface area (TPSA) is 90.0 Å². The summed E-state index contributed by atoms with van der Waals surface area (Å²) in [4.78, 5) is 19.0. The molecule has 0 radical (unpaired) electrons. The van der Waals surface area contributed by atoms with Gasteiger partial charge in [0.1, 0.15) is 17.6 Å². The fourth-order valence-corrected chi connectivity index (χ4v) is 3.64. The van der Waals surface area contributed by atoms with Gasteiger partial charge in [-0.1, -0.05) is 24.3 Å². The summed E-state index contributed by atoms with van der Waals surface area (Å²) in [6, 6.07) is 22.5. The second-order valence-corrected chi connectivity index (χ2v) is 7.41. The van der Waals surface area contributed by atoms with Gasteiger partial charge in [0.25, 0.3) is 0 Å². The minimum absolute atomic E-state index is 0.146. The van der Waals surface area contributed by atoms with Gasteiger partial charge in [-0.15, -0.1) is 0 Å². The molecule has 1 aliphatic heterocycles. The van der Waals surface area contributed by atoms with Gasteiger partial charge in [-0.25, -0.2) is 4.98 Å². The number of esters is 1. The third-order valence-corrected chi connectivity index (χ3v) is 5.45. The Hall–Kier alpha value is -4.16. The number of aromatic nitrogens is 1. The van der Waals surface area contributed by atoms with Crippen LogP contribution in [0.4, 0.5) is 5.82 Å². The molecule has 1 aliphatic rings. The molecule has 1 fully saturated rings. The van der Waals surface area contributed by atoms with E-state index in [1.807, 2.05) is 30.3 Å². The quantitative estimate of drug-likeness (QED) is 0.472. The lowest BCUT2D eigenvalue weighted by Crippen LogP contribution is -2.38. The fourth-order valence-electron chi connectivity index (χ4n) is 3.64. The van der Waals surface area contributed by atoms with E-state index in [2.05, 4.69) is 22.0 Å². The summed E-state index contributed by atoms with van der Waals surface area (Å²) in [6.07, 6.45) is 2.96. The Kier molecular flexibility index (Phi) is 5.91. The van der Waals surface area contributed by atoms with Crippen LogP contribution in [0.25, 0.3) is 11.1 Å². The van der Waals surface area contributed by atoms with E-state index >= 15 is 0 Å². The van der Waals surface area contributed by atoms with E-state index in [1.165, 1.54) is 0 Å². The SMILES string of the molecule is N#Cc1ccc(-c2ccc(OC(=O)C3CCN(c4ccc(C#N)cn4)CC3)cc2)cc1. The van der Waals surface area contributed by atoms with E-state index in [0.29, 0.717) is 29.7 Å². The highest BCUT2D eigenvalue weighted by molar-refractivity contribution is 5.76. The predicted octanol–water partition coefficient (Wildman–Crippen LogP) is 4.31. The van der Waals surface area contributed by atoms with Crippen LogP contribution >= 0.6 is 0 Å². The summed E-state index contributed by atoms with van der Waals surface area (Å²) in [5.41, 5.74) is 3.15. The predicted molar refractivity (Wildman–Crippen MR) is 116 cm³/mol. The standard InChI is InChI=1S/C25H20N4O2/c26-15-18-1-4-20(5-2-18)21-6-8-23(9-7-21)31-25(30)22-11-13-29(14-12-22)24-10-3-19(16-27)17-28-24/h1-10,17,22H,11-14H2. The molecule has 2 aromatic carbocycles. The van der Waals surface area contributed by atoms with E-state index in [4.69, 9.17) is 15.3 Å². The molecule has 2 heterocycles. The van der Waals surface area contributed by atoms with E-state index in [-0.39, 0.29) is 11.9 Å². The number of benzene rings is 2. The number of piperidine rings is 1. The Morgan fingerprint density at radius 1 is 0.871 bits per heavy atom. The molecule has 4 rings (SSSR count). The lowest BCUT2D eigenvalue weighted by atomic mass is 9.97. The van der Waals surface area contributed by atoms with Crippen molar-refractivity contribution in [2.24, 2.45) is 5.92 Å². The minimum atomic E-state index is -0.210. The number of ether oxygens (including phenoxy) is 1. The number of nitriles is 2. The second-order valence-electron chi connectivity index (χ2n) is 7.41. The van der Waals surface area contributed by atoms with Gasteiger partial charge in [0.2, 0.25) is 0 Å². The van der Waals surface area contributed by atoms with Crippen molar-refractivity contribution in [1.82, 2.24) is 4.98 Å². The molecular formula is C25H20N4O2. The summed E-state index contributed by atoms with van der Waals surface area (Å²) in [6.45, 7) is 1.44. The molecule has 0 amide bonds. The first-order chi connectivity index (χ1) is 15.2. The average molecular weight is 408 g/mol. The van der Waals surface area contributed by atoms with E-state index in [9.17, 15) is 4.79 Å².